The van der Waals surface area contributed by atoms with Gasteiger partial charge in [0.25, 0.3) is 0 Å². The van der Waals surface area contributed by atoms with Gasteiger partial charge in [0.15, 0.2) is 0 Å². The molecule has 0 fully saturated rings. The van der Waals surface area contributed by atoms with Crippen LogP contribution in [0.2, 0.25) is 0 Å². The molecule has 2 aromatic carbocycles. The molecule has 0 aliphatic heterocycles. The second kappa shape index (κ2) is 7.82. The fourth-order valence-corrected chi connectivity index (χ4v) is 2.93. The maximum Gasteiger partial charge on any atom is 0.573 e. The first-order valence-corrected chi connectivity index (χ1v) is 9.18. The minimum atomic E-state index is -4.84. The Kier molecular flexibility index (Phi) is 5.94. The summed E-state index contributed by atoms with van der Waals surface area (Å²) in [5, 5.41) is 2.36. The molecular formula is C16H14F4N2O4S. The maximum absolute atomic E-state index is 13.0. The van der Waals surface area contributed by atoms with Crippen LogP contribution in [0.4, 0.5) is 28.9 Å². The smallest absolute Gasteiger partial charge is 0.406 e. The highest BCUT2D eigenvalue weighted by Crippen LogP contribution is 2.24. The third-order valence-corrected chi connectivity index (χ3v) is 4.31. The van der Waals surface area contributed by atoms with Gasteiger partial charge in [-0.05, 0) is 48.5 Å². The average molecular weight is 406 g/mol. The van der Waals surface area contributed by atoms with Crippen LogP contribution in [0.1, 0.15) is 0 Å². The summed E-state index contributed by atoms with van der Waals surface area (Å²) in [7, 11) is -3.84. The van der Waals surface area contributed by atoms with Crippen LogP contribution in [0.5, 0.6) is 5.75 Å². The van der Waals surface area contributed by atoms with Gasteiger partial charge in [-0.2, -0.15) is 0 Å². The number of halogens is 4. The van der Waals surface area contributed by atoms with E-state index in [4.69, 9.17) is 0 Å². The number of hydrogen-bond acceptors (Lipinski definition) is 4. The monoisotopic (exact) mass is 406 g/mol. The van der Waals surface area contributed by atoms with Crippen LogP contribution in [0, 0.1) is 5.82 Å². The summed E-state index contributed by atoms with van der Waals surface area (Å²) in [6.07, 6.45) is -3.96. The molecule has 27 heavy (non-hydrogen) atoms. The Morgan fingerprint density at radius 1 is 1.07 bits per heavy atom. The molecule has 0 radical (unpaired) electrons. The Hall–Kier alpha value is -2.82. The highest BCUT2D eigenvalue weighted by molar-refractivity contribution is 7.92. The zero-order valence-electron chi connectivity index (χ0n) is 13.8. The third kappa shape index (κ3) is 6.44. The Morgan fingerprint density at radius 2 is 1.63 bits per heavy atom. The fourth-order valence-electron chi connectivity index (χ4n) is 2.08. The van der Waals surface area contributed by atoms with Gasteiger partial charge >= 0.3 is 6.36 Å². The molecule has 11 heteroatoms. The van der Waals surface area contributed by atoms with Crippen LogP contribution in [0.25, 0.3) is 0 Å². The SMILES string of the molecule is CS(=O)(=O)N(CC(=O)Nc1ccc(OC(F)(F)F)cc1)c1ccc(F)cc1. The van der Waals surface area contributed by atoms with Crippen molar-refractivity contribution >= 4 is 27.3 Å². The number of amides is 1. The van der Waals surface area contributed by atoms with Crippen molar-refractivity contribution in [1.29, 1.82) is 0 Å². The van der Waals surface area contributed by atoms with Crippen molar-refractivity contribution < 1.29 is 35.5 Å². The molecule has 6 nitrogen and oxygen atoms in total. The van der Waals surface area contributed by atoms with Crippen LogP contribution in [-0.2, 0) is 14.8 Å². The van der Waals surface area contributed by atoms with E-state index in [2.05, 4.69) is 10.1 Å². The molecule has 2 rings (SSSR count). The van der Waals surface area contributed by atoms with Gasteiger partial charge in [0.1, 0.15) is 18.1 Å². The van der Waals surface area contributed by atoms with E-state index in [0.29, 0.717) is 0 Å². The van der Waals surface area contributed by atoms with E-state index in [9.17, 15) is 30.8 Å². The third-order valence-electron chi connectivity index (χ3n) is 3.17. The van der Waals surface area contributed by atoms with Gasteiger partial charge in [0.05, 0.1) is 11.9 Å². The van der Waals surface area contributed by atoms with E-state index in [-0.39, 0.29) is 11.4 Å². The molecule has 0 saturated heterocycles. The quantitative estimate of drug-likeness (QED) is 0.748. The van der Waals surface area contributed by atoms with Gasteiger partial charge < -0.3 is 10.1 Å². The highest BCUT2D eigenvalue weighted by atomic mass is 32.2. The summed E-state index contributed by atoms with van der Waals surface area (Å²) in [4.78, 5) is 12.1. The second-order valence-electron chi connectivity index (χ2n) is 5.37. The normalized spacial score (nSPS) is 11.7. The van der Waals surface area contributed by atoms with Crippen molar-refractivity contribution in [2.75, 3.05) is 22.4 Å². The van der Waals surface area contributed by atoms with Gasteiger partial charge in [-0.25, -0.2) is 12.8 Å². The zero-order chi connectivity index (χ0) is 20.2. The van der Waals surface area contributed by atoms with Gasteiger partial charge in [-0.15, -0.1) is 13.2 Å². The van der Waals surface area contributed by atoms with Gasteiger partial charge in [-0.1, -0.05) is 0 Å². The number of anilines is 2. The minimum absolute atomic E-state index is 0.0861. The van der Waals surface area contributed by atoms with Gasteiger partial charge in [-0.3, -0.25) is 9.10 Å². The molecule has 2 aromatic rings. The molecule has 0 saturated carbocycles. The largest absolute Gasteiger partial charge is 0.573 e. The summed E-state index contributed by atoms with van der Waals surface area (Å²) in [6.45, 7) is -0.606. The summed E-state index contributed by atoms with van der Waals surface area (Å²) >= 11 is 0. The molecule has 0 unspecified atom stereocenters. The molecule has 0 heterocycles. The molecular weight excluding hydrogens is 392 g/mol. The van der Waals surface area contributed by atoms with Crippen LogP contribution >= 0.6 is 0 Å². The number of carbonyl (C=O) groups excluding carboxylic acids is 1. The first kappa shape index (κ1) is 20.5. The Labute approximate surface area is 152 Å². The number of sulfonamides is 1. The van der Waals surface area contributed by atoms with E-state index < -0.39 is 40.4 Å². The predicted octanol–water partition coefficient (Wildman–Crippen LogP) is 3.13. The molecule has 0 aromatic heterocycles. The second-order valence-corrected chi connectivity index (χ2v) is 7.27. The van der Waals surface area contributed by atoms with Crippen LogP contribution < -0.4 is 14.4 Å². The molecule has 146 valence electrons. The number of nitrogens with one attached hydrogen (secondary N) is 1. The number of carbonyl (C=O) groups is 1. The van der Waals surface area contributed by atoms with E-state index in [0.717, 1.165) is 34.8 Å². The van der Waals surface area contributed by atoms with Crippen molar-refractivity contribution in [2.45, 2.75) is 6.36 Å². The molecule has 0 spiro atoms. The Morgan fingerprint density at radius 3 is 2.11 bits per heavy atom. The lowest BCUT2D eigenvalue weighted by atomic mass is 10.3. The summed E-state index contributed by atoms with van der Waals surface area (Å²) in [5.74, 6) is -1.78. The Balaban J connectivity index is 2.09. The number of rotatable bonds is 6. The highest BCUT2D eigenvalue weighted by Gasteiger charge is 2.31. The fraction of sp³-hybridized carbons (Fsp3) is 0.188. The summed E-state index contributed by atoms with van der Waals surface area (Å²) in [6, 6.07) is 8.83. The van der Waals surface area contributed by atoms with Gasteiger partial charge in [0, 0.05) is 5.69 Å². The van der Waals surface area contributed by atoms with E-state index >= 15 is 0 Å². The standard InChI is InChI=1S/C16H14F4N2O4S/c1-27(24,25)22(13-6-2-11(17)3-7-13)10-15(23)21-12-4-8-14(9-5-12)26-16(18,19)20/h2-9H,10H2,1H3,(H,21,23). The predicted molar refractivity (Wildman–Crippen MR) is 90.3 cm³/mol. The van der Waals surface area contributed by atoms with Crippen molar-refractivity contribution in [3.63, 3.8) is 0 Å². The molecule has 0 bridgehead atoms. The summed E-state index contributed by atoms with van der Waals surface area (Å²) < 4.78 is 77.6. The minimum Gasteiger partial charge on any atom is -0.406 e. The molecule has 1 amide bonds. The van der Waals surface area contributed by atoms with Crippen molar-refractivity contribution in [2.24, 2.45) is 0 Å². The average Bonchev–Trinajstić information content (AvgIpc) is 2.53. The van der Waals surface area contributed by atoms with E-state index in [1.807, 2.05) is 0 Å². The maximum atomic E-state index is 13.0. The van der Waals surface area contributed by atoms with Crippen molar-refractivity contribution in [3.8, 4) is 5.75 Å². The Bertz CT molecular complexity index is 898. The first-order valence-electron chi connectivity index (χ1n) is 7.33. The molecule has 1 N–H and O–H groups in total. The lowest BCUT2D eigenvalue weighted by Crippen LogP contribution is -2.37. The van der Waals surface area contributed by atoms with Crippen LogP contribution in [-0.4, -0.2) is 33.5 Å². The van der Waals surface area contributed by atoms with E-state index in [1.54, 1.807) is 0 Å². The zero-order valence-corrected chi connectivity index (χ0v) is 14.6. The van der Waals surface area contributed by atoms with Gasteiger partial charge in [0.2, 0.25) is 15.9 Å². The van der Waals surface area contributed by atoms with Crippen LogP contribution in [0.15, 0.2) is 48.5 Å². The van der Waals surface area contributed by atoms with E-state index in [1.165, 1.54) is 24.3 Å². The topological polar surface area (TPSA) is 75.7 Å². The summed E-state index contributed by atoms with van der Waals surface area (Å²) in [5.41, 5.74) is 0.227. The molecule has 0 aliphatic carbocycles. The lowest BCUT2D eigenvalue weighted by molar-refractivity contribution is -0.274. The number of ether oxygens (including phenoxy) is 1. The number of alkyl halides is 3. The lowest BCUT2D eigenvalue weighted by Gasteiger charge is -2.21. The van der Waals surface area contributed by atoms with Crippen LogP contribution in [0.3, 0.4) is 0 Å². The number of hydrogen-bond donors (Lipinski definition) is 1. The van der Waals surface area contributed by atoms with Crippen molar-refractivity contribution in [3.05, 3.63) is 54.3 Å². The van der Waals surface area contributed by atoms with Crippen molar-refractivity contribution in [1.82, 2.24) is 0 Å². The number of benzene rings is 2. The first-order chi connectivity index (χ1) is 12.4. The molecule has 0 atom stereocenters. The molecule has 0 aliphatic rings. The number of nitrogens with zero attached hydrogens (tertiary/aromatic N) is 1.